The van der Waals surface area contributed by atoms with Crippen LogP contribution in [0.15, 0.2) is 12.4 Å². The van der Waals surface area contributed by atoms with Gasteiger partial charge in [0.2, 0.25) is 0 Å². The van der Waals surface area contributed by atoms with E-state index in [4.69, 9.17) is 11.6 Å². The molecule has 0 bridgehead atoms. The van der Waals surface area contributed by atoms with Crippen LogP contribution in [-0.2, 0) is 0 Å². The molecule has 0 N–H and O–H groups in total. The Balaban J connectivity index is 0.00000196. The summed E-state index contributed by atoms with van der Waals surface area (Å²) in [6.45, 7) is 4.19. The summed E-state index contributed by atoms with van der Waals surface area (Å²) in [6.07, 6.45) is 9.20. The fourth-order valence-corrected chi connectivity index (χ4v) is 2.00. The van der Waals surface area contributed by atoms with Crippen LogP contribution in [0.2, 0.25) is 0 Å². The second-order valence-corrected chi connectivity index (χ2v) is 4.68. The summed E-state index contributed by atoms with van der Waals surface area (Å²) in [5, 5.41) is 0.303. The number of nitrogens with zero attached hydrogens (tertiary/aromatic N) is 2. The number of unbranched alkanes of at least 4 members (excludes halogenated alkanes) is 2. The largest absolute Gasteiger partial charge is 0.362 e. The van der Waals surface area contributed by atoms with E-state index in [-0.39, 0.29) is 12.4 Å². The molecule has 0 aromatic carbocycles. The van der Waals surface area contributed by atoms with Crippen LogP contribution in [0.4, 0.5) is 0 Å². The smallest absolute Gasteiger partial charge is 0.0891 e. The molecule has 0 radical (unpaired) electrons. The van der Waals surface area contributed by atoms with Gasteiger partial charge in [-0.3, -0.25) is 0 Å². The summed E-state index contributed by atoms with van der Waals surface area (Å²) in [7, 11) is 2.08. The van der Waals surface area contributed by atoms with E-state index in [2.05, 4.69) is 36.2 Å². The van der Waals surface area contributed by atoms with Crippen molar-refractivity contribution in [3.63, 3.8) is 0 Å². The second kappa shape index (κ2) is 8.12. The predicted octanol–water partition coefficient (Wildman–Crippen LogP) is 3.27. The highest BCUT2D eigenvalue weighted by Gasteiger charge is 2.12. The lowest BCUT2D eigenvalue weighted by atomic mass is 10.1. The third kappa shape index (κ3) is 6.16. The Kier molecular flexibility index (Phi) is 8.07. The molecular formula is C11H22Cl2N2. The number of halogens is 2. The molecule has 1 aliphatic rings. The predicted molar refractivity (Wildman–Crippen MR) is 69.5 cm³/mol. The van der Waals surface area contributed by atoms with Crippen LogP contribution in [0.5, 0.6) is 0 Å². The topological polar surface area (TPSA) is 6.48 Å². The molecule has 1 rings (SSSR count). The molecule has 0 aliphatic carbocycles. The van der Waals surface area contributed by atoms with Crippen LogP contribution >= 0.6 is 24.0 Å². The van der Waals surface area contributed by atoms with E-state index in [1.165, 1.54) is 19.3 Å². The van der Waals surface area contributed by atoms with Crippen LogP contribution in [0.1, 0.15) is 32.6 Å². The Morgan fingerprint density at radius 2 is 2.07 bits per heavy atom. The number of hydrogen-bond donors (Lipinski definition) is 0. The quantitative estimate of drug-likeness (QED) is 0.529. The lowest BCUT2D eigenvalue weighted by molar-refractivity contribution is 0.292. The summed E-state index contributed by atoms with van der Waals surface area (Å²) in [6, 6.07) is 0. The van der Waals surface area contributed by atoms with Crippen molar-refractivity contribution in [1.29, 1.82) is 0 Å². The maximum absolute atomic E-state index is 6.25. The first-order valence-electron chi connectivity index (χ1n) is 5.49. The van der Waals surface area contributed by atoms with Gasteiger partial charge in [0, 0.05) is 26.0 Å². The highest BCUT2D eigenvalue weighted by atomic mass is 35.5. The summed E-state index contributed by atoms with van der Waals surface area (Å²) in [5.74, 6) is 0. The monoisotopic (exact) mass is 252 g/mol. The van der Waals surface area contributed by atoms with Crippen LogP contribution in [0.3, 0.4) is 0 Å². The van der Waals surface area contributed by atoms with Gasteiger partial charge in [0.1, 0.15) is 0 Å². The highest BCUT2D eigenvalue weighted by Crippen LogP contribution is 2.13. The Bertz CT molecular complexity index is 185. The molecule has 0 amide bonds. The minimum absolute atomic E-state index is 0. The summed E-state index contributed by atoms with van der Waals surface area (Å²) in [5.41, 5.74) is 0. The second-order valence-electron chi connectivity index (χ2n) is 4.06. The molecule has 0 aromatic heterocycles. The number of alkyl halides is 1. The Labute approximate surface area is 105 Å². The molecule has 4 heteroatoms. The molecule has 15 heavy (non-hydrogen) atoms. The Morgan fingerprint density at radius 3 is 2.60 bits per heavy atom. The van der Waals surface area contributed by atoms with E-state index in [1.54, 1.807) is 0 Å². The van der Waals surface area contributed by atoms with E-state index < -0.39 is 0 Å². The number of hydrogen-bond acceptors (Lipinski definition) is 2. The van der Waals surface area contributed by atoms with E-state index in [1.807, 2.05) is 0 Å². The van der Waals surface area contributed by atoms with Gasteiger partial charge in [-0.25, -0.2) is 0 Å². The van der Waals surface area contributed by atoms with Gasteiger partial charge in [-0.15, -0.1) is 24.0 Å². The van der Waals surface area contributed by atoms with Gasteiger partial charge >= 0.3 is 0 Å². The first kappa shape index (κ1) is 14.9. The first-order valence-corrected chi connectivity index (χ1v) is 5.92. The van der Waals surface area contributed by atoms with Crippen LogP contribution in [0.25, 0.3) is 0 Å². The maximum Gasteiger partial charge on any atom is 0.0891 e. The highest BCUT2D eigenvalue weighted by molar-refractivity contribution is 6.20. The first-order chi connectivity index (χ1) is 6.72. The van der Waals surface area contributed by atoms with Crippen molar-refractivity contribution in [3.8, 4) is 0 Å². The lowest BCUT2D eigenvalue weighted by Gasteiger charge is -2.20. The zero-order valence-corrected chi connectivity index (χ0v) is 11.2. The van der Waals surface area contributed by atoms with Gasteiger partial charge in [0.25, 0.3) is 0 Å². The van der Waals surface area contributed by atoms with Crippen LogP contribution < -0.4 is 0 Å². The molecule has 0 aromatic rings. The van der Waals surface area contributed by atoms with Gasteiger partial charge in [0.15, 0.2) is 0 Å². The lowest BCUT2D eigenvalue weighted by Crippen LogP contribution is -2.28. The maximum atomic E-state index is 6.25. The van der Waals surface area contributed by atoms with Crippen molar-refractivity contribution in [3.05, 3.63) is 12.4 Å². The minimum Gasteiger partial charge on any atom is -0.362 e. The van der Waals surface area contributed by atoms with E-state index in [0.29, 0.717) is 5.38 Å². The molecule has 0 saturated carbocycles. The average Bonchev–Trinajstić information content (AvgIpc) is 2.52. The Morgan fingerprint density at radius 1 is 1.33 bits per heavy atom. The fraction of sp³-hybridized carbons (Fsp3) is 0.818. The van der Waals surface area contributed by atoms with Crippen molar-refractivity contribution in [2.24, 2.45) is 0 Å². The SMILES string of the molecule is CCCCCC(Cl)CN1C=CN(C)C1.Cl. The number of rotatable bonds is 6. The van der Waals surface area contributed by atoms with Gasteiger partial charge in [-0.05, 0) is 6.42 Å². The molecule has 1 unspecified atom stereocenters. The average molecular weight is 253 g/mol. The summed E-state index contributed by atoms with van der Waals surface area (Å²) < 4.78 is 0. The van der Waals surface area contributed by atoms with Crippen molar-refractivity contribution in [2.75, 3.05) is 20.3 Å². The molecule has 1 atom stereocenters. The van der Waals surface area contributed by atoms with E-state index in [9.17, 15) is 0 Å². The van der Waals surface area contributed by atoms with Gasteiger partial charge < -0.3 is 9.80 Å². The van der Waals surface area contributed by atoms with Crippen LogP contribution in [0, 0.1) is 0 Å². The van der Waals surface area contributed by atoms with Crippen molar-refractivity contribution in [1.82, 2.24) is 9.80 Å². The third-order valence-electron chi connectivity index (χ3n) is 2.49. The molecule has 1 heterocycles. The third-order valence-corrected chi connectivity index (χ3v) is 2.85. The minimum atomic E-state index is 0. The van der Waals surface area contributed by atoms with Gasteiger partial charge in [0.05, 0.1) is 12.0 Å². The zero-order chi connectivity index (χ0) is 10.4. The molecule has 0 saturated heterocycles. The molecule has 2 nitrogen and oxygen atoms in total. The normalized spacial score (nSPS) is 16.7. The van der Waals surface area contributed by atoms with Gasteiger partial charge in [-0.2, -0.15) is 0 Å². The standard InChI is InChI=1S/C11H21ClN2.ClH/c1-3-4-5-6-11(12)9-14-8-7-13(2)10-14;/h7-8,11H,3-6,9-10H2,1-2H3;1H. The van der Waals surface area contributed by atoms with Crippen molar-refractivity contribution >= 4 is 24.0 Å². The summed E-state index contributed by atoms with van der Waals surface area (Å²) in [4.78, 5) is 4.43. The molecule has 1 aliphatic heterocycles. The van der Waals surface area contributed by atoms with Crippen LogP contribution in [-0.4, -0.2) is 35.4 Å². The molecule has 0 fully saturated rings. The van der Waals surface area contributed by atoms with E-state index in [0.717, 1.165) is 19.6 Å². The zero-order valence-electron chi connectivity index (χ0n) is 9.66. The van der Waals surface area contributed by atoms with Gasteiger partial charge in [-0.1, -0.05) is 26.2 Å². The molecule has 0 spiro atoms. The van der Waals surface area contributed by atoms with Crippen molar-refractivity contribution in [2.45, 2.75) is 38.0 Å². The Hall–Kier alpha value is -0.0800. The van der Waals surface area contributed by atoms with E-state index >= 15 is 0 Å². The molecular weight excluding hydrogens is 231 g/mol. The van der Waals surface area contributed by atoms with Crippen molar-refractivity contribution < 1.29 is 0 Å². The molecule has 90 valence electrons. The summed E-state index contributed by atoms with van der Waals surface area (Å²) >= 11 is 6.25. The fourth-order valence-electron chi connectivity index (χ4n) is 1.67.